The van der Waals surface area contributed by atoms with E-state index >= 15 is 0 Å². The van der Waals surface area contributed by atoms with Crippen molar-refractivity contribution in [3.8, 4) is 0 Å². The van der Waals surface area contributed by atoms with Crippen LogP contribution in [-0.4, -0.2) is 39.1 Å². The van der Waals surface area contributed by atoms with Crippen LogP contribution >= 0.6 is 11.3 Å². The molecule has 2 aromatic rings. The molecule has 1 amide bonds. The van der Waals surface area contributed by atoms with Gasteiger partial charge in [-0.2, -0.15) is 0 Å². The SMILES string of the molecule is O=C(CCn1cc(C2CCOC2)nn1)Nc1nccs1. The summed E-state index contributed by atoms with van der Waals surface area (Å²) in [6.45, 7) is 2.01. The lowest BCUT2D eigenvalue weighted by molar-refractivity contribution is -0.116. The Labute approximate surface area is 120 Å². The van der Waals surface area contributed by atoms with E-state index in [4.69, 9.17) is 4.74 Å². The molecule has 106 valence electrons. The van der Waals surface area contributed by atoms with E-state index in [2.05, 4.69) is 20.6 Å². The third-order valence-electron chi connectivity index (χ3n) is 3.15. The number of nitrogens with zero attached hydrogens (tertiary/aromatic N) is 4. The molecule has 0 saturated carbocycles. The lowest BCUT2D eigenvalue weighted by Gasteiger charge is -2.02. The van der Waals surface area contributed by atoms with Gasteiger partial charge in [-0.3, -0.25) is 9.48 Å². The van der Waals surface area contributed by atoms with Crippen molar-refractivity contribution in [2.45, 2.75) is 25.3 Å². The first-order chi connectivity index (χ1) is 9.81. The van der Waals surface area contributed by atoms with Gasteiger partial charge in [0.1, 0.15) is 0 Å². The van der Waals surface area contributed by atoms with Crippen LogP contribution in [0, 0.1) is 0 Å². The third-order valence-corrected chi connectivity index (χ3v) is 3.84. The summed E-state index contributed by atoms with van der Waals surface area (Å²) in [5.41, 5.74) is 0.947. The molecule has 2 aromatic heterocycles. The minimum Gasteiger partial charge on any atom is -0.381 e. The topological polar surface area (TPSA) is 81.9 Å². The second kappa shape index (κ2) is 6.10. The van der Waals surface area contributed by atoms with Gasteiger partial charge in [0, 0.05) is 36.7 Å². The summed E-state index contributed by atoms with van der Waals surface area (Å²) < 4.78 is 7.03. The Kier molecular flexibility index (Phi) is 4.03. The Morgan fingerprint density at radius 1 is 1.60 bits per heavy atom. The van der Waals surface area contributed by atoms with Crippen LogP contribution in [0.25, 0.3) is 0 Å². The Morgan fingerprint density at radius 3 is 3.30 bits per heavy atom. The molecule has 1 fully saturated rings. The van der Waals surface area contributed by atoms with E-state index in [0.717, 1.165) is 18.7 Å². The summed E-state index contributed by atoms with van der Waals surface area (Å²) in [4.78, 5) is 15.7. The lowest BCUT2D eigenvalue weighted by atomic mass is 10.1. The number of nitrogens with one attached hydrogen (secondary N) is 1. The monoisotopic (exact) mass is 293 g/mol. The summed E-state index contributed by atoms with van der Waals surface area (Å²) in [6, 6.07) is 0. The first kappa shape index (κ1) is 13.2. The van der Waals surface area contributed by atoms with Gasteiger partial charge in [0.05, 0.1) is 18.8 Å². The van der Waals surface area contributed by atoms with Crippen LogP contribution in [-0.2, 0) is 16.1 Å². The fourth-order valence-electron chi connectivity index (χ4n) is 2.06. The average molecular weight is 293 g/mol. The normalized spacial score (nSPS) is 18.3. The number of carbonyl (C=O) groups excluding carboxylic acids is 1. The van der Waals surface area contributed by atoms with E-state index in [1.165, 1.54) is 11.3 Å². The molecule has 0 spiro atoms. The Balaban J connectivity index is 1.49. The van der Waals surface area contributed by atoms with Gasteiger partial charge in [-0.05, 0) is 6.42 Å². The predicted molar refractivity (Wildman–Crippen MR) is 73.6 cm³/mol. The van der Waals surface area contributed by atoms with Gasteiger partial charge >= 0.3 is 0 Å². The average Bonchev–Trinajstić information content (AvgIpc) is 3.18. The van der Waals surface area contributed by atoms with Crippen molar-refractivity contribution < 1.29 is 9.53 Å². The number of amides is 1. The van der Waals surface area contributed by atoms with Gasteiger partial charge in [0.15, 0.2) is 5.13 Å². The van der Waals surface area contributed by atoms with Crippen molar-refractivity contribution >= 4 is 22.4 Å². The van der Waals surface area contributed by atoms with Gasteiger partial charge in [0.25, 0.3) is 0 Å². The minimum atomic E-state index is -0.0683. The van der Waals surface area contributed by atoms with Crippen LogP contribution < -0.4 is 5.32 Å². The molecule has 0 bridgehead atoms. The number of aromatic nitrogens is 4. The molecular formula is C12H15N5O2S. The van der Waals surface area contributed by atoms with Crippen molar-refractivity contribution in [3.05, 3.63) is 23.5 Å². The molecule has 0 aromatic carbocycles. The van der Waals surface area contributed by atoms with Gasteiger partial charge in [0.2, 0.25) is 5.91 Å². The molecule has 1 saturated heterocycles. The summed E-state index contributed by atoms with van der Waals surface area (Å²) >= 11 is 1.40. The second-order valence-corrected chi connectivity index (χ2v) is 5.50. The Hall–Kier alpha value is -1.80. The number of rotatable bonds is 5. The zero-order valence-electron chi connectivity index (χ0n) is 10.9. The molecular weight excluding hydrogens is 278 g/mol. The second-order valence-electron chi connectivity index (χ2n) is 4.60. The standard InChI is InChI=1S/C12H15N5O2S/c18-11(14-12-13-3-6-20-12)1-4-17-7-10(15-16-17)9-2-5-19-8-9/h3,6-7,9H,1-2,4-5,8H2,(H,13,14,18). The van der Waals surface area contributed by atoms with E-state index in [1.807, 2.05) is 11.6 Å². The fraction of sp³-hybridized carbons (Fsp3) is 0.500. The number of carbonyl (C=O) groups is 1. The molecule has 1 aliphatic heterocycles. The highest BCUT2D eigenvalue weighted by molar-refractivity contribution is 7.13. The third kappa shape index (κ3) is 3.20. The molecule has 0 radical (unpaired) electrons. The highest BCUT2D eigenvalue weighted by Gasteiger charge is 2.20. The molecule has 1 N–H and O–H groups in total. The maximum Gasteiger partial charge on any atom is 0.228 e. The summed E-state index contributed by atoms with van der Waals surface area (Å²) in [7, 11) is 0. The maximum atomic E-state index is 11.7. The van der Waals surface area contributed by atoms with Gasteiger partial charge in [-0.15, -0.1) is 16.4 Å². The smallest absolute Gasteiger partial charge is 0.228 e. The Bertz CT molecular complexity index is 562. The van der Waals surface area contributed by atoms with Gasteiger partial charge < -0.3 is 10.1 Å². The van der Waals surface area contributed by atoms with Crippen molar-refractivity contribution in [2.75, 3.05) is 18.5 Å². The van der Waals surface area contributed by atoms with E-state index in [0.29, 0.717) is 30.6 Å². The van der Waals surface area contributed by atoms with Crippen molar-refractivity contribution in [1.82, 2.24) is 20.0 Å². The number of thiazole rings is 1. The van der Waals surface area contributed by atoms with Crippen molar-refractivity contribution in [1.29, 1.82) is 0 Å². The first-order valence-corrected chi connectivity index (χ1v) is 7.36. The molecule has 1 aliphatic rings. The molecule has 1 atom stereocenters. The molecule has 7 nitrogen and oxygen atoms in total. The van der Waals surface area contributed by atoms with E-state index < -0.39 is 0 Å². The van der Waals surface area contributed by atoms with Crippen LogP contribution in [0.3, 0.4) is 0 Å². The van der Waals surface area contributed by atoms with Crippen molar-refractivity contribution in [3.63, 3.8) is 0 Å². The van der Waals surface area contributed by atoms with Gasteiger partial charge in [-0.1, -0.05) is 5.21 Å². The number of hydrogen-bond donors (Lipinski definition) is 1. The van der Waals surface area contributed by atoms with Gasteiger partial charge in [-0.25, -0.2) is 4.98 Å². The number of aryl methyl sites for hydroxylation is 1. The summed E-state index contributed by atoms with van der Waals surface area (Å²) in [6.07, 6.45) is 4.90. The lowest BCUT2D eigenvalue weighted by Crippen LogP contribution is -2.14. The predicted octanol–water partition coefficient (Wildman–Crippen LogP) is 1.27. The van der Waals surface area contributed by atoms with Crippen LogP contribution in [0.2, 0.25) is 0 Å². The zero-order valence-corrected chi connectivity index (χ0v) is 11.7. The maximum absolute atomic E-state index is 11.7. The quantitative estimate of drug-likeness (QED) is 0.897. The highest BCUT2D eigenvalue weighted by atomic mass is 32.1. The van der Waals surface area contributed by atoms with E-state index in [1.54, 1.807) is 10.9 Å². The largest absolute Gasteiger partial charge is 0.381 e. The minimum absolute atomic E-state index is 0.0683. The Morgan fingerprint density at radius 2 is 2.55 bits per heavy atom. The number of hydrogen-bond acceptors (Lipinski definition) is 6. The van der Waals surface area contributed by atoms with E-state index in [9.17, 15) is 4.79 Å². The zero-order chi connectivity index (χ0) is 13.8. The highest BCUT2D eigenvalue weighted by Crippen LogP contribution is 2.22. The molecule has 8 heteroatoms. The van der Waals surface area contributed by atoms with Crippen LogP contribution in [0.15, 0.2) is 17.8 Å². The first-order valence-electron chi connectivity index (χ1n) is 6.48. The number of ether oxygens (including phenoxy) is 1. The molecule has 0 aliphatic carbocycles. The molecule has 3 rings (SSSR count). The molecule has 3 heterocycles. The number of anilines is 1. The summed E-state index contributed by atoms with van der Waals surface area (Å²) in [5, 5.41) is 13.4. The van der Waals surface area contributed by atoms with Crippen LogP contribution in [0.5, 0.6) is 0 Å². The van der Waals surface area contributed by atoms with E-state index in [-0.39, 0.29) is 5.91 Å². The fourth-order valence-corrected chi connectivity index (χ4v) is 2.61. The summed E-state index contributed by atoms with van der Waals surface area (Å²) in [5.74, 6) is 0.272. The van der Waals surface area contributed by atoms with Crippen LogP contribution in [0.1, 0.15) is 24.5 Å². The van der Waals surface area contributed by atoms with Crippen molar-refractivity contribution in [2.24, 2.45) is 0 Å². The molecule has 1 unspecified atom stereocenters. The molecule has 20 heavy (non-hydrogen) atoms. The van der Waals surface area contributed by atoms with Crippen LogP contribution in [0.4, 0.5) is 5.13 Å².